The molecule has 0 aliphatic carbocycles. The van der Waals surface area contributed by atoms with Crippen LogP contribution >= 0.6 is 0 Å². The predicted octanol–water partition coefficient (Wildman–Crippen LogP) is 2.71. The van der Waals surface area contributed by atoms with Crippen LogP contribution in [0.15, 0.2) is 0 Å². The molecule has 0 aliphatic rings. The Hall–Kier alpha value is -0.550. The molecule has 0 aliphatic heterocycles. The summed E-state index contributed by atoms with van der Waals surface area (Å²) >= 11 is 0. The van der Waals surface area contributed by atoms with Gasteiger partial charge in [-0.15, -0.1) is 0 Å². The molecule has 2 heteroatoms. The van der Waals surface area contributed by atoms with Crippen LogP contribution in [0.5, 0.6) is 0 Å². The number of nitrogens with zero attached hydrogens (tertiary/aromatic N) is 1. The van der Waals surface area contributed by atoms with E-state index in [1.165, 1.54) is 25.7 Å². The highest BCUT2D eigenvalue weighted by molar-refractivity contribution is 4.93. The van der Waals surface area contributed by atoms with Crippen LogP contribution in [0.1, 0.15) is 46.5 Å². The van der Waals surface area contributed by atoms with Gasteiger partial charge in [0.25, 0.3) is 0 Å². The third-order valence-corrected chi connectivity index (χ3v) is 2.08. The van der Waals surface area contributed by atoms with Crippen molar-refractivity contribution in [1.82, 2.24) is 5.32 Å². The highest BCUT2D eigenvalue weighted by Gasteiger charge is 2.14. The van der Waals surface area contributed by atoms with E-state index >= 15 is 0 Å². The standard InChI is InChI=1S/C11H22N2/c1-4-5-6-7-8-13-10-11(2,3)9-12/h13H,4-8,10H2,1-3H3. The van der Waals surface area contributed by atoms with Gasteiger partial charge in [0.2, 0.25) is 0 Å². The summed E-state index contributed by atoms with van der Waals surface area (Å²) in [5, 5.41) is 12.1. The summed E-state index contributed by atoms with van der Waals surface area (Å²) < 4.78 is 0. The molecule has 0 radical (unpaired) electrons. The van der Waals surface area contributed by atoms with E-state index in [0.717, 1.165) is 13.1 Å². The molecule has 0 aromatic carbocycles. The Kier molecular flexibility index (Phi) is 6.62. The monoisotopic (exact) mass is 182 g/mol. The molecule has 0 saturated carbocycles. The van der Waals surface area contributed by atoms with Crippen LogP contribution in [0.4, 0.5) is 0 Å². The molecule has 2 nitrogen and oxygen atoms in total. The average Bonchev–Trinajstić information content (AvgIpc) is 2.11. The van der Waals surface area contributed by atoms with Crippen molar-refractivity contribution < 1.29 is 0 Å². The molecule has 0 amide bonds. The summed E-state index contributed by atoms with van der Waals surface area (Å²) in [6.45, 7) is 7.99. The highest BCUT2D eigenvalue weighted by atomic mass is 14.9. The van der Waals surface area contributed by atoms with Gasteiger partial charge in [0.1, 0.15) is 0 Å². The second kappa shape index (κ2) is 6.91. The highest BCUT2D eigenvalue weighted by Crippen LogP contribution is 2.10. The minimum Gasteiger partial charge on any atom is -0.315 e. The largest absolute Gasteiger partial charge is 0.315 e. The molecule has 0 aromatic rings. The zero-order valence-corrected chi connectivity index (χ0v) is 9.19. The van der Waals surface area contributed by atoms with Crippen molar-refractivity contribution in [2.45, 2.75) is 46.5 Å². The minimum absolute atomic E-state index is 0.218. The van der Waals surface area contributed by atoms with Crippen LogP contribution in [0, 0.1) is 16.7 Å². The first kappa shape index (κ1) is 12.4. The minimum atomic E-state index is -0.218. The fraction of sp³-hybridized carbons (Fsp3) is 0.909. The summed E-state index contributed by atoms with van der Waals surface area (Å²) in [4.78, 5) is 0. The first-order chi connectivity index (χ1) is 6.12. The van der Waals surface area contributed by atoms with Crippen LogP contribution in [0.3, 0.4) is 0 Å². The Labute approximate surface area is 82.3 Å². The second-order valence-corrected chi connectivity index (χ2v) is 4.23. The van der Waals surface area contributed by atoms with Gasteiger partial charge >= 0.3 is 0 Å². The molecule has 0 fully saturated rings. The second-order valence-electron chi connectivity index (χ2n) is 4.23. The van der Waals surface area contributed by atoms with Crippen LogP contribution in [-0.2, 0) is 0 Å². The number of rotatable bonds is 7. The van der Waals surface area contributed by atoms with Crippen molar-refractivity contribution in [3.8, 4) is 6.07 Å². The third kappa shape index (κ3) is 7.80. The maximum atomic E-state index is 8.74. The summed E-state index contributed by atoms with van der Waals surface area (Å²) in [5.41, 5.74) is -0.218. The zero-order valence-electron chi connectivity index (χ0n) is 9.19. The quantitative estimate of drug-likeness (QED) is 0.614. The lowest BCUT2D eigenvalue weighted by atomic mass is 9.96. The van der Waals surface area contributed by atoms with E-state index in [9.17, 15) is 0 Å². The van der Waals surface area contributed by atoms with E-state index in [-0.39, 0.29) is 5.41 Å². The maximum Gasteiger partial charge on any atom is 0.0697 e. The fourth-order valence-corrected chi connectivity index (χ4v) is 1.12. The molecule has 0 saturated heterocycles. The summed E-state index contributed by atoms with van der Waals surface area (Å²) in [5.74, 6) is 0. The van der Waals surface area contributed by atoms with E-state index in [1.807, 2.05) is 13.8 Å². The van der Waals surface area contributed by atoms with Gasteiger partial charge in [0, 0.05) is 6.54 Å². The summed E-state index contributed by atoms with van der Waals surface area (Å²) in [7, 11) is 0. The van der Waals surface area contributed by atoms with Crippen molar-refractivity contribution in [3.63, 3.8) is 0 Å². The molecule has 0 aromatic heterocycles. The lowest BCUT2D eigenvalue weighted by Crippen LogP contribution is -2.28. The van der Waals surface area contributed by atoms with Gasteiger partial charge < -0.3 is 5.32 Å². The van der Waals surface area contributed by atoms with Crippen LogP contribution < -0.4 is 5.32 Å². The molecule has 0 spiro atoms. The first-order valence-corrected chi connectivity index (χ1v) is 5.24. The maximum absolute atomic E-state index is 8.74. The number of unbranched alkanes of at least 4 members (excludes halogenated alkanes) is 3. The average molecular weight is 182 g/mol. The van der Waals surface area contributed by atoms with E-state index in [0.29, 0.717) is 0 Å². The lowest BCUT2D eigenvalue weighted by Gasteiger charge is -2.15. The van der Waals surface area contributed by atoms with Gasteiger partial charge in [0.05, 0.1) is 11.5 Å². The number of nitrogens with one attached hydrogen (secondary N) is 1. The Bertz CT molecular complexity index is 156. The number of hydrogen-bond acceptors (Lipinski definition) is 2. The molecule has 76 valence electrons. The molecular weight excluding hydrogens is 160 g/mol. The molecule has 1 N–H and O–H groups in total. The molecule has 0 bridgehead atoms. The predicted molar refractivity (Wildman–Crippen MR) is 56.4 cm³/mol. The van der Waals surface area contributed by atoms with E-state index in [4.69, 9.17) is 5.26 Å². The molecule has 0 rings (SSSR count). The Morgan fingerprint density at radius 3 is 2.46 bits per heavy atom. The van der Waals surface area contributed by atoms with Crippen molar-refractivity contribution in [2.24, 2.45) is 5.41 Å². The van der Waals surface area contributed by atoms with Gasteiger partial charge in [-0.1, -0.05) is 26.2 Å². The topological polar surface area (TPSA) is 35.8 Å². The molecule has 0 heterocycles. The molecule has 0 unspecified atom stereocenters. The van der Waals surface area contributed by atoms with Crippen LogP contribution in [-0.4, -0.2) is 13.1 Å². The molecule has 13 heavy (non-hydrogen) atoms. The number of hydrogen-bond donors (Lipinski definition) is 1. The van der Waals surface area contributed by atoms with E-state index in [1.54, 1.807) is 0 Å². The molecule has 0 atom stereocenters. The van der Waals surface area contributed by atoms with E-state index < -0.39 is 0 Å². The van der Waals surface area contributed by atoms with Gasteiger partial charge in [-0.25, -0.2) is 0 Å². The first-order valence-electron chi connectivity index (χ1n) is 5.24. The van der Waals surface area contributed by atoms with Crippen molar-refractivity contribution in [1.29, 1.82) is 5.26 Å². The Morgan fingerprint density at radius 1 is 1.23 bits per heavy atom. The van der Waals surface area contributed by atoms with E-state index in [2.05, 4.69) is 18.3 Å². The van der Waals surface area contributed by atoms with Crippen LogP contribution in [0.25, 0.3) is 0 Å². The smallest absolute Gasteiger partial charge is 0.0697 e. The van der Waals surface area contributed by atoms with Crippen molar-refractivity contribution >= 4 is 0 Å². The fourth-order valence-electron chi connectivity index (χ4n) is 1.12. The van der Waals surface area contributed by atoms with Gasteiger partial charge in [0.15, 0.2) is 0 Å². The summed E-state index contributed by atoms with van der Waals surface area (Å²) in [6, 6.07) is 2.28. The number of nitriles is 1. The van der Waals surface area contributed by atoms with Crippen molar-refractivity contribution in [2.75, 3.05) is 13.1 Å². The summed E-state index contributed by atoms with van der Waals surface area (Å²) in [6.07, 6.45) is 5.14. The SMILES string of the molecule is CCCCCCNCC(C)(C)C#N. The van der Waals surface area contributed by atoms with Gasteiger partial charge in [-0.2, -0.15) is 5.26 Å². The lowest BCUT2D eigenvalue weighted by molar-refractivity contribution is 0.439. The normalized spacial score (nSPS) is 11.2. The van der Waals surface area contributed by atoms with Crippen molar-refractivity contribution in [3.05, 3.63) is 0 Å². The molecular formula is C11H22N2. The van der Waals surface area contributed by atoms with Gasteiger partial charge in [-0.05, 0) is 26.8 Å². The third-order valence-electron chi connectivity index (χ3n) is 2.08. The zero-order chi connectivity index (χ0) is 10.2. The Balaban J connectivity index is 3.22. The van der Waals surface area contributed by atoms with Crippen LogP contribution in [0.2, 0.25) is 0 Å². The van der Waals surface area contributed by atoms with Gasteiger partial charge in [-0.3, -0.25) is 0 Å². The Morgan fingerprint density at radius 2 is 1.92 bits per heavy atom.